The Labute approximate surface area is 89.0 Å². The minimum absolute atomic E-state index is 0.0266. The quantitative estimate of drug-likeness (QED) is 0.591. The van der Waals surface area contributed by atoms with Crippen LogP contribution in [0, 0.1) is 5.82 Å². The molecule has 0 aromatic heterocycles. The van der Waals surface area contributed by atoms with Crippen molar-refractivity contribution in [2.45, 2.75) is 11.8 Å². The Hall–Kier alpha value is -0.410. The van der Waals surface area contributed by atoms with E-state index in [9.17, 15) is 9.18 Å². The average molecular weight is 266 g/mol. The SMILES string of the molecule is CC(Br)C(=O)c1ccc(Cl)c(F)c1. The maximum absolute atomic E-state index is 12.9. The monoisotopic (exact) mass is 264 g/mol. The fraction of sp³-hybridized carbons (Fsp3) is 0.222. The van der Waals surface area contributed by atoms with E-state index < -0.39 is 5.82 Å². The fourth-order valence-electron chi connectivity index (χ4n) is 0.879. The van der Waals surface area contributed by atoms with Gasteiger partial charge in [-0.1, -0.05) is 27.5 Å². The smallest absolute Gasteiger partial charge is 0.176 e. The molecule has 0 radical (unpaired) electrons. The Morgan fingerprint density at radius 3 is 2.69 bits per heavy atom. The van der Waals surface area contributed by atoms with Crippen LogP contribution in [0.25, 0.3) is 0 Å². The van der Waals surface area contributed by atoms with Crippen LogP contribution < -0.4 is 0 Å². The Kier molecular flexibility index (Phi) is 3.45. The van der Waals surface area contributed by atoms with Crippen molar-refractivity contribution in [3.05, 3.63) is 34.6 Å². The number of hydrogen-bond acceptors (Lipinski definition) is 1. The third-order valence-electron chi connectivity index (χ3n) is 1.57. The lowest BCUT2D eigenvalue weighted by Crippen LogP contribution is -2.09. The molecule has 0 aliphatic heterocycles. The van der Waals surface area contributed by atoms with Crippen LogP contribution in [0.3, 0.4) is 0 Å². The van der Waals surface area contributed by atoms with Gasteiger partial charge in [-0.2, -0.15) is 0 Å². The minimum Gasteiger partial charge on any atom is -0.293 e. The fourth-order valence-corrected chi connectivity index (χ4v) is 1.26. The van der Waals surface area contributed by atoms with Gasteiger partial charge >= 0.3 is 0 Å². The molecule has 4 heteroatoms. The van der Waals surface area contributed by atoms with Crippen LogP contribution in [0.4, 0.5) is 4.39 Å². The highest BCUT2D eigenvalue weighted by atomic mass is 79.9. The van der Waals surface area contributed by atoms with E-state index in [1.807, 2.05) is 0 Å². The van der Waals surface area contributed by atoms with Gasteiger partial charge in [0.25, 0.3) is 0 Å². The van der Waals surface area contributed by atoms with Crippen molar-refractivity contribution >= 4 is 33.3 Å². The summed E-state index contributed by atoms with van der Waals surface area (Å²) in [6.45, 7) is 1.69. The van der Waals surface area contributed by atoms with E-state index in [4.69, 9.17) is 11.6 Å². The van der Waals surface area contributed by atoms with Gasteiger partial charge in [0.15, 0.2) is 5.78 Å². The molecule has 0 N–H and O–H groups in total. The summed E-state index contributed by atoms with van der Waals surface area (Å²) in [6, 6.07) is 4.02. The summed E-state index contributed by atoms with van der Waals surface area (Å²) in [6.07, 6.45) is 0. The van der Waals surface area contributed by atoms with Crippen LogP contribution in [0.1, 0.15) is 17.3 Å². The topological polar surface area (TPSA) is 17.1 Å². The van der Waals surface area contributed by atoms with Crippen molar-refractivity contribution in [3.8, 4) is 0 Å². The molecule has 1 aromatic rings. The summed E-state index contributed by atoms with van der Waals surface area (Å²) in [7, 11) is 0. The zero-order valence-electron chi connectivity index (χ0n) is 6.85. The number of carbonyl (C=O) groups excluding carboxylic acids is 1. The molecular formula is C9H7BrClFO. The molecule has 0 aliphatic carbocycles. The van der Waals surface area contributed by atoms with Gasteiger partial charge in [-0.3, -0.25) is 4.79 Å². The number of benzene rings is 1. The minimum atomic E-state index is -0.569. The van der Waals surface area contributed by atoms with Gasteiger partial charge in [0, 0.05) is 5.56 Å². The van der Waals surface area contributed by atoms with Crippen LogP contribution >= 0.6 is 27.5 Å². The molecule has 0 saturated carbocycles. The van der Waals surface area contributed by atoms with E-state index in [1.54, 1.807) is 6.92 Å². The van der Waals surface area contributed by atoms with Crippen molar-refractivity contribution in [3.63, 3.8) is 0 Å². The number of halogens is 3. The van der Waals surface area contributed by atoms with Crippen molar-refractivity contribution in [2.75, 3.05) is 0 Å². The number of alkyl halides is 1. The molecule has 1 atom stereocenters. The molecule has 1 rings (SSSR count). The second-order valence-corrected chi connectivity index (χ2v) is 4.39. The first kappa shape index (κ1) is 10.7. The Balaban J connectivity index is 3.04. The maximum Gasteiger partial charge on any atom is 0.176 e. The molecule has 1 aromatic carbocycles. The first-order valence-corrected chi connectivity index (χ1v) is 4.95. The largest absolute Gasteiger partial charge is 0.293 e. The van der Waals surface area contributed by atoms with E-state index in [2.05, 4.69) is 15.9 Å². The van der Waals surface area contributed by atoms with Crippen molar-refractivity contribution in [2.24, 2.45) is 0 Å². The summed E-state index contributed by atoms with van der Waals surface area (Å²) in [4.78, 5) is 11.0. The zero-order valence-corrected chi connectivity index (χ0v) is 9.19. The lowest BCUT2D eigenvalue weighted by Gasteiger charge is -2.02. The summed E-state index contributed by atoms with van der Waals surface area (Å²) < 4.78 is 12.9. The van der Waals surface area contributed by atoms with Crippen LogP contribution in [0.5, 0.6) is 0 Å². The predicted octanol–water partition coefficient (Wildman–Crippen LogP) is 3.45. The number of hydrogen-bond donors (Lipinski definition) is 0. The summed E-state index contributed by atoms with van der Waals surface area (Å²) in [5, 5.41) is 0.0266. The first-order chi connectivity index (χ1) is 6.02. The van der Waals surface area contributed by atoms with E-state index in [0.29, 0.717) is 5.56 Å². The number of ketones is 1. The van der Waals surface area contributed by atoms with Crippen molar-refractivity contribution in [1.82, 2.24) is 0 Å². The van der Waals surface area contributed by atoms with Gasteiger partial charge in [0.05, 0.1) is 9.85 Å². The molecule has 0 amide bonds. The molecule has 0 spiro atoms. The van der Waals surface area contributed by atoms with Crippen LogP contribution in [-0.2, 0) is 0 Å². The van der Waals surface area contributed by atoms with Gasteiger partial charge in [-0.05, 0) is 25.1 Å². The van der Waals surface area contributed by atoms with Gasteiger partial charge in [0.1, 0.15) is 5.82 Å². The third kappa shape index (κ3) is 2.51. The van der Waals surface area contributed by atoms with Crippen molar-refractivity contribution in [1.29, 1.82) is 0 Å². The molecule has 1 nitrogen and oxygen atoms in total. The molecule has 0 heterocycles. The summed E-state index contributed by atoms with van der Waals surface area (Å²) >= 11 is 8.58. The second-order valence-electron chi connectivity index (χ2n) is 2.61. The van der Waals surface area contributed by atoms with Gasteiger partial charge < -0.3 is 0 Å². The van der Waals surface area contributed by atoms with Gasteiger partial charge in [0.2, 0.25) is 0 Å². The van der Waals surface area contributed by atoms with E-state index >= 15 is 0 Å². The molecule has 1 unspecified atom stereocenters. The standard InChI is InChI=1S/C9H7BrClFO/c1-5(10)9(13)6-2-3-7(11)8(12)4-6/h2-5H,1H3. The molecule has 0 fully saturated rings. The average Bonchev–Trinajstić information content (AvgIpc) is 2.08. The van der Waals surface area contributed by atoms with Gasteiger partial charge in [-0.25, -0.2) is 4.39 Å². The highest BCUT2D eigenvalue weighted by molar-refractivity contribution is 9.10. The first-order valence-electron chi connectivity index (χ1n) is 3.65. The van der Waals surface area contributed by atoms with E-state index in [1.165, 1.54) is 12.1 Å². The summed E-state index contributed by atoms with van der Waals surface area (Å²) in [5.41, 5.74) is 0.325. The van der Waals surface area contributed by atoms with Crippen molar-refractivity contribution < 1.29 is 9.18 Å². The number of Topliss-reactive ketones (excluding diaryl/α,β-unsaturated/α-hetero) is 1. The third-order valence-corrected chi connectivity index (χ3v) is 2.29. The molecule has 70 valence electrons. The molecule has 0 aliphatic rings. The second kappa shape index (κ2) is 4.20. The highest BCUT2D eigenvalue weighted by Gasteiger charge is 2.13. The zero-order chi connectivity index (χ0) is 10.0. The Morgan fingerprint density at radius 1 is 1.62 bits per heavy atom. The number of carbonyl (C=O) groups is 1. The van der Waals surface area contributed by atoms with Crippen LogP contribution in [-0.4, -0.2) is 10.6 Å². The Bertz CT molecular complexity index is 338. The summed E-state index contributed by atoms with van der Waals surface area (Å²) in [5.74, 6) is -0.726. The van der Waals surface area contributed by atoms with Crippen LogP contribution in [0.15, 0.2) is 18.2 Å². The predicted molar refractivity (Wildman–Crippen MR) is 54.1 cm³/mol. The lowest BCUT2D eigenvalue weighted by molar-refractivity contribution is 0.0995. The Morgan fingerprint density at radius 2 is 2.23 bits per heavy atom. The molecule has 0 saturated heterocycles. The molecule has 13 heavy (non-hydrogen) atoms. The van der Waals surface area contributed by atoms with E-state index in [-0.39, 0.29) is 15.6 Å². The van der Waals surface area contributed by atoms with E-state index in [0.717, 1.165) is 6.07 Å². The number of rotatable bonds is 2. The molecular weight excluding hydrogens is 258 g/mol. The normalized spacial score (nSPS) is 12.6. The van der Waals surface area contributed by atoms with Crippen LogP contribution in [0.2, 0.25) is 5.02 Å². The highest BCUT2D eigenvalue weighted by Crippen LogP contribution is 2.17. The lowest BCUT2D eigenvalue weighted by atomic mass is 10.1. The van der Waals surface area contributed by atoms with Gasteiger partial charge in [-0.15, -0.1) is 0 Å². The molecule has 0 bridgehead atoms. The maximum atomic E-state index is 12.9.